The van der Waals surface area contributed by atoms with E-state index in [9.17, 15) is 17.2 Å². The van der Waals surface area contributed by atoms with Crippen LogP contribution in [-0.4, -0.2) is 26.4 Å². The molecule has 0 saturated heterocycles. The summed E-state index contributed by atoms with van der Waals surface area (Å²) >= 11 is 0. The van der Waals surface area contributed by atoms with Gasteiger partial charge in [-0.05, 0) is 38.1 Å². The van der Waals surface area contributed by atoms with E-state index in [0.717, 1.165) is 11.3 Å². The Balaban J connectivity index is 2.20. The van der Waals surface area contributed by atoms with Gasteiger partial charge in [-0.15, -0.1) is 0 Å². The average molecular weight is 330 g/mol. The van der Waals surface area contributed by atoms with Gasteiger partial charge in [0.2, 0.25) is 9.84 Å². The van der Waals surface area contributed by atoms with Crippen LogP contribution < -0.4 is 4.90 Å². The van der Waals surface area contributed by atoms with Crippen LogP contribution in [0.3, 0.4) is 0 Å². The lowest BCUT2D eigenvalue weighted by atomic mass is 10.2. The molecular formula is C14H16F2N2O3S. The number of aromatic nitrogens is 1. The summed E-state index contributed by atoms with van der Waals surface area (Å²) in [6.45, 7) is 4.15. The van der Waals surface area contributed by atoms with Crippen molar-refractivity contribution in [3.63, 3.8) is 0 Å². The predicted molar refractivity (Wildman–Crippen MR) is 77.7 cm³/mol. The van der Waals surface area contributed by atoms with E-state index in [-0.39, 0.29) is 0 Å². The van der Waals surface area contributed by atoms with Crippen molar-refractivity contribution in [2.24, 2.45) is 0 Å². The highest BCUT2D eigenvalue weighted by Gasteiger charge is 2.26. The molecule has 120 valence electrons. The van der Waals surface area contributed by atoms with Crippen molar-refractivity contribution in [3.05, 3.63) is 41.3 Å². The fraction of sp³-hybridized carbons (Fsp3) is 0.357. The normalized spacial score (nSPS) is 11.9. The average Bonchev–Trinajstić information content (AvgIpc) is 2.79. The number of hydrogen-bond donors (Lipinski definition) is 0. The maximum atomic E-state index is 12.5. The number of rotatable bonds is 5. The first-order chi connectivity index (χ1) is 10.2. The summed E-state index contributed by atoms with van der Waals surface area (Å²) in [5.41, 5.74) is 2.42. The second kappa shape index (κ2) is 6.04. The molecule has 0 amide bonds. The zero-order chi connectivity index (χ0) is 16.5. The molecule has 0 unspecified atom stereocenters. The lowest BCUT2D eigenvalue weighted by Gasteiger charge is -2.19. The minimum Gasteiger partial charge on any atom is -0.370 e. The van der Waals surface area contributed by atoms with Crippen LogP contribution in [0.1, 0.15) is 17.0 Å². The van der Waals surface area contributed by atoms with E-state index < -0.39 is 20.5 Å². The van der Waals surface area contributed by atoms with Crippen molar-refractivity contribution in [3.8, 4) is 0 Å². The Morgan fingerprint density at radius 3 is 2.27 bits per heavy atom. The third-order valence-corrected chi connectivity index (χ3v) is 4.82. The second-order valence-corrected chi connectivity index (χ2v) is 6.88. The first-order valence-electron chi connectivity index (χ1n) is 6.48. The molecule has 0 saturated carbocycles. The Morgan fingerprint density at radius 2 is 1.82 bits per heavy atom. The van der Waals surface area contributed by atoms with E-state index >= 15 is 0 Å². The molecule has 0 N–H and O–H groups in total. The van der Waals surface area contributed by atoms with Crippen LogP contribution in [0.2, 0.25) is 0 Å². The van der Waals surface area contributed by atoms with Crippen molar-refractivity contribution >= 4 is 15.5 Å². The molecule has 2 aromatic rings. The molecule has 0 aliphatic carbocycles. The van der Waals surface area contributed by atoms with E-state index in [4.69, 9.17) is 4.52 Å². The van der Waals surface area contributed by atoms with E-state index in [1.807, 2.05) is 25.8 Å². The molecule has 0 radical (unpaired) electrons. The van der Waals surface area contributed by atoms with Gasteiger partial charge in [-0.3, -0.25) is 0 Å². The van der Waals surface area contributed by atoms with Gasteiger partial charge < -0.3 is 9.42 Å². The SMILES string of the molecule is Cc1noc(C)c1CN(C)c1ccc(S(=O)(=O)C(F)F)cc1. The summed E-state index contributed by atoms with van der Waals surface area (Å²) in [5.74, 6) is -2.71. The number of nitrogens with zero attached hydrogens (tertiary/aromatic N) is 2. The standard InChI is InChI=1S/C14H16F2N2O3S/c1-9-13(10(2)21-17-9)8-18(3)11-4-6-12(7-5-11)22(19,20)14(15)16/h4-7,14H,8H2,1-3H3. The zero-order valence-electron chi connectivity index (χ0n) is 12.4. The molecule has 8 heteroatoms. The summed E-state index contributed by atoms with van der Waals surface area (Å²) in [5, 5.41) is 3.86. The van der Waals surface area contributed by atoms with Gasteiger partial charge in [-0.1, -0.05) is 5.16 Å². The maximum Gasteiger partial charge on any atom is 0.341 e. The van der Waals surface area contributed by atoms with Crippen molar-refractivity contribution < 1.29 is 21.7 Å². The predicted octanol–water partition coefficient (Wildman–Crippen LogP) is 2.92. The molecule has 1 aromatic heterocycles. The molecule has 0 spiro atoms. The number of alkyl halides is 2. The van der Waals surface area contributed by atoms with Crippen molar-refractivity contribution in [2.45, 2.75) is 31.0 Å². The van der Waals surface area contributed by atoms with Crippen LogP contribution in [0.15, 0.2) is 33.7 Å². The quantitative estimate of drug-likeness (QED) is 0.843. The molecular weight excluding hydrogens is 314 g/mol. The highest BCUT2D eigenvalue weighted by Crippen LogP contribution is 2.23. The molecule has 0 bridgehead atoms. The highest BCUT2D eigenvalue weighted by atomic mass is 32.2. The van der Waals surface area contributed by atoms with Gasteiger partial charge in [0.25, 0.3) is 0 Å². The fourth-order valence-corrected chi connectivity index (χ4v) is 2.77. The largest absolute Gasteiger partial charge is 0.370 e. The number of halogens is 2. The third kappa shape index (κ3) is 3.11. The Bertz CT molecular complexity index is 735. The Labute approximate surface area is 127 Å². The highest BCUT2D eigenvalue weighted by molar-refractivity contribution is 7.91. The molecule has 0 fully saturated rings. The Kier molecular flexibility index (Phi) is 4.50. The van der Waals surface area contributed by atoms with Crippen molar-refractivity contribution in [1.29, 1.82) is 0 Å². The third-order valence-electron chi connectivity index (χ3n) is 3.42. The van der Waals surface area contributed by atoms with Gasteiger partial charge in [0.05, 0.1) is 10.6 Å². The van der Waals surface area contributed by atoms with Gasteiger partial charge >= 0.3 is 5.76 Å². The van der Waals surface area contributed by atoms with E-state index in [2.05, 4.69) is 5.16 Å². The molecule has 0 aliphatic rings. The van der Waals surface area contributed by atoms with Crippen molar-refractivity contribution in [1.82, 2.24) is 5.16 Å². The zero-order valence-corrected chi connectivity index (χ0v) is 13.2. The number of hydrogen-bond acceptors (Lipinski definition) is 5. The van der Waals surface area contributed by atoms with Crippen molar-refractivity contribution in [2.75, 3.05) is 11.9 Å². The summed E-state index contributed by atoms with van der Waals surface area (Å²) in [7, 11) is -2.75. The molecule has 1 heterocycles. The molecule has 22 heavy (non-hydrogen) atoms. The first kappa shape index (κ1) is 16.4. The number of benzene rings is 1. The Hall–Kier alpha value is -1.96. The number of sulfone groups is 1. The van der Waals surface area contributed by atoms with Gasteiger partial charge in [0.15, 0.2) is 0 Å². The molecule has 5 nitrogen and oxygen atoms in total. The van der Waals surface area contributed by atoms with E-state index in [0.29, 0.717) is 18.0 Å². The van der Waals surface area contributed by atoms with Gasteiger partial charge in [-0.2, -0.15) is 8.78 Å². The van der Waals surface area contributed by atoms with Gasteiger partial charge in [0.1, 0.15) is 5.76 Å². The monoisotopic (exact) mass is 330 g/mol. The lowest BCUT2D eigenvalue weighted by molar-refractivity contribution is 0.234. The summed E-state index contributed by atoms with van der Waals surface area (Å²) in [6.07, 6.45) is 0. The lowest BCUT2D eigenvalue weighted by Crippen LogP contribution is -2.17. The van der Waals surface area contributed by atoms with Crippen LogP contribution in [-0.2, 0) is 16.4 Å². The maximum absolute atomic E-state index is 12.5. The number of aryl methyl sites for hydroxylation is 2. The first-order valence-corrected chi connectivity index (χ1v) is 8.03. The number of anilines is 1. The van der Waals surface area contributed by atoms with Crippen LogP contribution in [0.4, 0.5) is 14.5 Å². The van der Waals surface area contributed by atoms with Crippen LogP contribution >= 0.6 is 0 Å². The second-order valence-electron chi connectivity index (χ2n) is 4.96. The van der Waals surface area contributed by atoms with Crippen LogP contribution in [0.5, 0.6) is 0 Å². The fourth-order valence-electron chi connectivity index (χ4n) is 2.05. The minimum absolute atomic E-state index is 0.392. The smallest absolute Gasteiger partial charge is 0.341 e. The molecule has 1 aromatic carbocycles. The molecule has 2 rings (SSSR count). The topological polar surface area (TPSA) is 63.4 Å². The summed E-state index contributed by atoms with van der Waals surface area (Å²) in [6, 6.07) is 5.35. The van der Waals surface area contributed by atoms with Gasteiger partial charge in [-0.25, -0.2) is 8.42 Å². The Morgan fingerprint density at radius 1 is 1.23 bits per heavy atom. The van der Waals surface area contributed by atoms with Crippen LogP contribution in [0.25, 0.3) is 0 Å². The van der Waals surface area contributed by atoms with E-state index in [1.165, 1.54) is 24.3 Å². The summed E-state index contributed by atoms with van der Waals surface area (Å²) < 4.78 is 52.8. The molecule has 0 atom stereocenters. The summed E-state index contributed by atoms with van der Waals surface area (Å²) in [4.78, 5) is 1.46. The molecule has 0 aliphatic heterocycles. The van der Waals surface area contributed by atoms with E-state index in [1.54, 1.807) is 0 Å². The van der Waals surface area contributed by atoms with Crippen LogP contribution in [0, 0.1) is 13.8 Å². The minimum atomic E-state index is -4.56. The van der Waals surface area contributed by atoms with Gasteiger partial charge in [0, 0.05) is 24.8 Å².